The van der Waals surface area contributed by atoms with Crippen LogP contribution in [-0.4, -0.2) is 34.0 Å². The second-order valence-electron chi connectivity index (χ2n) is 3.19. The van der Waals surface area contributed by atoms with Gasteiger partial charge in [0.05, 0.1) is 12.9 Å². The number of carbonyl (C=O) groups excluding carboxylic acids is 1. The second-order valence-corrected chi connectivity index (χ2v) is 5.16. The number of hydrogen-bond acceptors (Lipinski definition) is 6. The number of thioether (sulfide) groups is 1. The molecule has 1 N–H and O–H groups in total. The lowest BCUT2D eigenvalue weighted by molar-refractivity contribution is -0.137. The monoisotopic (exact) mass is 269 g/mol. The zero-order valence-corrected chi connectivity index (χ0v) is 10.8. The predicted molar refractivity (Wildman–Crippen MR) is 66.2 cm³/mol. The Kier molecular flexibility index (Phi) is 4.16. The van der Waals surface area contributed by atoms with E-state index in [-0.39, 0.29) is 11.7 Å². The van der Waals surface area contributed by atoms with Crippen LogP contribution in [0.1, 0.15) is 10.7 Å². The number of H-pyrrole nitrogens is 1. The van der Waals surface area contributed by atoms with Crippen LogP contribution in [0.2, 0.25) is 0 Å². The van der Waals surface area contributed by atoms with Crippen molar-refractivity contribution in [1.82, 2.24) is 15.2 Å². The van der Waals surface area contributed by atoms with Gasteiger partial charge in [0.1, 0.15) is 5.82 Å². The predicted octanol–water partition coefficient (Wildman–Crippen LogP) is 1.72. The second kappa shape index (κ2) is 5.83. The third kappa shape index (κ3) is 3.57. The maximum atomic E-state index is 10.9. The van der Waals surface area contributed by atoms with Crippen molar-refractivity contribution in [3.05, 3.63) is 28.2 Å². The standard InChI is InChI=1S/C10H11N3O2S2/c1-15-9(14)6-17-10-11-8(12-13-10)5-7-3-2-4-16-7/h2-4H,5-6H2,1H3,(H,11,12,13). The van der Waals surface area contributed by atoms with Gasteiger partial charge in [-0.3, -0.25) is 9.89 Å². The smallest absolute Gasteiger partial charge is 0.316 e. The summed E-state index contributed by atoms with van der Waals surface area (Å²) < 4.78 is 4.54. The van der Waals surface area contributed by atoms with Crippen molar-refractivity contribution in [1.29, 1.82) is 0 Å². The van der Waals surface area contributed by atoms with Crippen molar-refractivity contribution in [3.63, 3.8) is 0 Å². The minimum absolute atomic E-state index is 0.229. The Hall–Kier alpha value is -1.34. The van der Waals surface area contributed by atoms with Gasteiger partial charge in [0.2, 0.25) is 5.16 Å². The molecule has 0 aliphatic rings. The van der Waals surface area contributed by atoms with E-state index in [2.05, 4.69) is 26.0 Å². The van der Waals surface area contributed by atoms with E-state index in [0.29, 0.717) is 5.16 Å². The van der Waals surface area contributed by atoms with Crippen molar-refractivity contribution < 1.29 is 9.53 Å². The summed E-state index contributed by atoms with van der Waals surface area (Å²) >= 11 is 2.94. The quantitative estimate of drug-likeness (QED) is 0.661. The molecule has 2 aromatic heterocycles. The Bertz CT molecular complexity index is 481. The Morgan fingerprint density at radius 3 is 3.24 bits per heavy atom. The first-order valence-electron chi connectivity index (χ1n) is 4.91. The number of rotatable bonds is 5. The fourth-order valence-corrected chi connectivity index (χ4v) is 2.54. The van der Waals surface area contributed by atoms with Crippen molar-refractivity contribution in [2.75, 3.05) is 12.9 Å². The molecule has 0 aliphatic carbocycles. The molecule has 2 aromatic rings. The third-order valence-electron chi connectivity index (χ3n) is 1.98. The van der Waals surface area contributed by atoms with Crippen molar-refractivity contribution >= 4 is 29.1 Å². The van der Waals surface area contributed by atoms with Gasteiger partial charge >= 0.3 is 5.97 Å². The van der Waals surface area contributed by atoms with E-state index in [1.54, 1.807) is 11.3 Å². The number of thiophene rings is 1. The maximum Gasteiger partial charge on any atom is 0.316 e. The number of hydrogen-bond donors (Lipinski definition) is 1. The first kappa shape index (κ1) is 12.1. The van der Waals surface area contributed by atoms with E-state index < -0.39 is 0 Å². The van der Waals surface area contributed by atoms with Crippen LogP contribution in [0.3, 0.4) is 0 Å². The van der Waals surface area contributed by atoms with E-state index in [0.717, 1.165) is 12.2 Å². The molecule has 0 radical (unpaired) electrons. The van der Waals surface area contributed by atoms with Gasteiger partial charge in [0, 0.05) is 11.3 Å². The largest absolute Gasteiger partial charge is 0.468 e. The zero-order chi connectivity index (χ0) is 12.1. The number of nitrogens with zero attached hydrogens (tertiary/aromatic N) is 2. The maximum absolute atomic E-state index is 10.9. The van der Waals surface area contributed by atoms with Crippen LogP contribution in [0.15, 0.2) is 22.7 Å². The highest BCUT2D eigenvalue weighted by Crippen LogP contribution is 2.16. The Balaban J connectivity index is 1.90. The highest BCUT2D eigenvalue weighted by atomic mass is 32.2. The van der Waals surface area contributed by atoms with Crippen LogP contribution in [-0.2, 0) is 16.0 Å². The molecule has 0 unspecified atom stereocenters. The lowest BCUT2D eigenvalue weighted by Gasteiger charge is -1.94. The first-order chi connectivity index (χ1) is 8.28. The van der Waals surface area contributed by atoms with Crippen molar-refractivity contribution in [2.24, 2.45) is 0 Å². The molecule has 2 rings (SSSR count). The molecule has 0 atom stereocenters. The van der Waals surface area contributed by atoms with Gasteiger partial charge in [-0.05, 0) is 11.4 Å². The lowest BCUT2D eigenvalue weighted by atomic mass is 10.3. The number of carbonyl (C=O) groups is 1. The summed E-state index contributed by atoms with van der Waals surface area (Å²) in [6.07, 6.45) is 0.740. The van der Waals surface area contributed by atoms with Crippen LogP contribution >= 0.6 is 23.1 Å². The number of nitrogens with one attached hydrogen (secondary N) is 1. The average Bonchev–Trinajstić information content (AvgIpc) is 2.98. The number of aromatic nitrogens is 3. The average molecular weight is 269 g/mol. The van der Waals surface area contributed by atoms with Crippen LogP contribution in [0.4, 0.5) is 0 Å². The summed E-state index contributed by atoms with van der Waals surface area (Å²) in [6, 6.07) is 4.05. The number of methoxy groups -OCH3 is 1. The number of aromatic amines is 1. The normalized spacial score (nSPS) is 10.4. The van der Waals surface area contributed by atoms with Gasteiger partial charge in [-0.1, -0.05) is 17.8 Å². The molecule has 0 amide bonds. The molecule has 2 heterocycles. The van der Waals surface area contributed by atoms with Gasteiger partial charge in [-0.25, -0.2) is 4.98 Å². The Morgan fingerprint density at radius 2 is 2.53 bits per heavy atom. The summed E-state index contributed by atoms with van der Waals surface area (Å²) in [7, 11) is 1.36. The summed E-state index contributed by atoms with van der Waals surface area (Å²) in [5.74, 6) is 0.756. The van der Waals surface area contributed by atoms with Crippen LogP contribution in [0.25, 0.3) is 0 Å². The Morgan fingerprint density at radius 1 is 1.65 bits per heavy atom. The SMILES string of the molecule is COC(=O)CSc1n[nH]c(Cc2cccs2)n1. The highest BCUT2D eigenvalue weighted by Gasteiger charge is 2.08. The van der Waals surface area contributed by atoms with Crippen molar-refractivity contribution in [2.45, 2.75) is 11.6 Å². The van der Waals surface area contributed by atoms with Gasteiger partial charge < -0.3 is 4.74 Å². The summed E-state index contributed by atoms with van der Waals surface area (Å²) in [5, 5.41) is 9.48. The Labute approximate surface area is 107 Å². The molecule has 17 heavy (non-hydrogen) atoms. The van der Waals surface area contributed by atoms with Crippen LogP contribution in [0.5, 0.6) is 0 Å². The van der Waals surface area contributed by atoms with Gasteiger partial charge in [0.25, 0.3) is 0 Å². The molecule has 0 fully saturated rings. The van der Waals surface area contributed by atoms with Gasteiger partial charge in [-0.2, -0.15) is 0 Å². The van der Waals surface area contributed by atoms with Gasteiger partial charge in [0.15, 0.2) is 0 Å². The fraction of sp³-hybridized carbons (Fsp3) is 0.300. The van der Waals surface area contributed by atoms with Crippen LogP contribution in [0, 0.1) is 0 Å². The molecular formula is C10H11N3O2S2. The highest BCUT2D eigenvalue weighted by molar-refractivity contribution is 7.99. The summed E-state index contributed by atoms with van der Waals surface area (Å²) in [5.41, 5.74) is 0. The number of ether oxygens (including phenoxy) is 1. The van der Waals surface area contributed by atoms with Crippen LogP contribution < -0.4 is 0 Å². The molecule has 7 heteroatoms. The summed E-state index contributed by atoms with van der Waals surface area (Å²) in [6.45, 7) is 0. The molecule has 0 bridgehead atoms. The summed E-state index contributed by atoms with van der Waals surface area (Å²) in [4.78, 5) is 16.5. The van der Waals surface area contributed by atoms with Crippen molar-refractivity contribution in [3.8, 4) is 0 Å². The van der Waals surface area contributed by atoms with E-state index in [9.17, 15) is 4.79 Å². The lowest BCUT2D eigenvalue weighted by Crippen LogP contribution is -2.03. The molecule has 0 saturated heterocycles. The molecule has 0 spiro atoms. The molecule has 0 aromatic carbocycles. The topological polar surface area (TPSA) is 67.9 Å². The molecule has 0 saturated carbocycles. The minimum atomic E-state index is -0.278. The van der Waals surface area contributed by atoms with E-state index >= 15 is 0 Å². The minimum Gasteiger partial charge on any atom is -0.468 e. The molecule has 5 nitrogen and oxygen atoms in total. The van der Waals surface area contributed by atoms with Gasteiger partial charge in [-0.15, -0.1) is 16.4 Å². The molecule has 90 valence electrons. The zero-order valence-electron chi connectivity index (χ0n) is 9.17. The fourth-order valence-electron chi connectivity index (χ4n) is 1.18. The van der Waals surface area contributed by atoms with E-state index in [1.807, 2.05) is 11.4 Å². The molecule has 0 aliphatic heterocycles. The number of esters is 1. The van der Waals surface area contributed by atoms with E-state index in [4.69, 9.17) is 0 Å². The van der Waals surface area contributed by atoms with E-state index in [1.165, 1.54) is 23.7 Å². The third-order valence-corrected chi connectivity index (χ3v) is 3.68. The molecular weight excluding hydrogens is 258 g/mol. The first-order valence-corrected chi connectivity index (χ1v) is 6.77.